The first-order valence-corrected chi connectivity index (χ1v) is 6.39. The van der Waals surface area contributed by atoms with E-state index < -0.39 is 0 Å². The fourth-order valence-corrected chi connectivity index (χ4v) is 4.86. The summed E-state index contributed by atoms with van der Waals surface area (Å²) in [5.74, 6) is 4.09. The highest BCUT2D eigenvalue weighted by Crippen LogP contribution is 2.57. The van der Waals surface area contributed by atoms with Gasteiger partial charge in [0.1, 0.15) is 0 Å². The number of hydrogen-bond donors (Lipinski definition) is 0. The third-order valence-corrected chi connectivity index (χ3v) is 5.33. The van der Waals surface area contributed by atoms with Crippen LogP contribution in [0.15, 0.2) is 0 Å². The average Bonchev–Trinajstić information content (AvgIpc) is 2.33. The summed E-state index contributed by atoms with van der Waals surface area (Å²) in [5.41, 5.74) is 0.592. The van der Waals surface area contributed by atoms with Gasteiger partial charge < -0.3 is 0 Å². The van der Waals surface area contributed by atoms with Crippen molar-refractivity contribution >= 4 is 11.6 Å². The molecule has 0 aromatic rings. The number of fused-ring (bicyclic) bond motifs is 1. The molecule has 13 heavy (non-hydrogen) atoms. The lowest BCUT2D eigenvalue weighted by Crippen LogP contribution is -2.38. The Morgan fingerprint density at radius 2 is 1.46 bits per heavy atom. The van der Waals surface area contributed by atoms with Crippen molar-refractivity contribution in [3.63, 3.8) is 0 Å². The summed E-state index contributed by atoms with van der Waals surface area (Å²) in [6.45, 7) is 0. The second-order valence-corrected chi connectivity index (χ2v) is 6.16. The Morgan fingerprint density at radius 1 is 0.923 bits per heavy atom. The summed E-state index contributed by atoms with van der Waals surface area (Å²) in [6.07, 6.45) is 10.5. The first-order chi connectivity index (χ1) is 6.30. The topological polar surface area (TPSA) is 0 Å². The van der Waals surface area contributed by atoms with E-state index in [9.17, 15) is 0 Å². The van der Waals surface area contributed by atoms with Crippen molar-refractivity contribution in [1.29, 1.82) is 0 Å². The van der Waals surface area contributed by atoms with Crippen molar-refractivity contribution in [2.45, 2.75) is 44.9 Å². The minimum atomic E-state index is 0.592. The van der Waals surface area contributed by atoms with Gasteiger partial charge in [0.2, 0.25) is 0 Å². The van der Waals surface area contributed by atoms with Crippen LogP contribution >= 0.6 is 11.6 Å². The molecule has 4 aliphatic rings. The summed E-state index contributed by atoms with van der Waals surface area (Å²) in [7, 11) is 0. The number of alkyl halides is 1. The standard InChI is InChI=1S/C12H19Cl/c13-8-12-5-9-1-2-10(6-12)4-11(3-9)7-12/h9-11H,1-8H2. The summed E-state index contributed by atoms with van der Waals surface area (Å²) in [5, 5.41) is 0. The molecule has 2 unspecified atom stereocenters. The zero-order valence-corrected chi connectivity index (χ0v) is 9.02. The van der Waals surface area contributed by atoms with Crippen molar-refractivity contribution in [3.8, 4) is 0 Å². The molecule has 4 bridgehead atoms. The highest BCUT2D eigenvalue weighted by Gasteiger charge is 2.47. The van der Waals surface area contributed by atoms with Gasteiger partial charge in [0.15, 0.2) is 0 Å². The molecule has 0 aromatic carbocycles. The SMILES string of the molecule is ClCC12CC3CCC(CC(C3)C1)C2. The van der Waals surface area contributed by atoms with Crippen LogP contribution in [0.25, 0.3) is 0 Å². The van der Waals surface area contributed by atoms with Crippen molar-refractivity contribution in [2.24, 2.45) is 23.2 Å². The van der Waals surface area contributed by atoms with Gasteiger partial charge in [-0.25, -0.2) is 0 Å². The van der Waals surface area contributed by atoms with E-state index in [-0.39, 0.29) is 0 Å². The van der Waals surface area contributed by atoms with Crippen molar-refractivity contribution in [3.05, 3.63) is 0 Å². The van der Waals surface area contributed by atoms with Crippen LogP contribution in [-0.4, -0.2) is 5.88 Å². The van der Waals surface area contributed by atoms with Gasteiger partial charge in [-0.15, -0.1) is 11.6 Å². The van der Waals surface area contributed by atoms with Gasteiger partial charge in [0.05, 0.1) is 0 Å². The molecule has 1 heteroatoms. The second kappa shape index (κ2) is 2.89. The molecule has 74 valence electrons. The van der Waals surface area contributed by atoms with E-state index >= 15 is 0 Å². The predicted octanol–water partition coefficient (Wildman–Crippen LogP) is 3.83. The molecule has 0 spiro atoms. The lowest BCUT2D eigenvalue weighted by molar-refractivity contribution is 0.0538. The Labute approximate surface area is 86.0 Å². The highest BCUT2D eigenvalue weighted by atomic mass is 35.5. The molecular weight excluding hydrogens is 180 g/mol. The molecule has 4 fully saturated rings. The lowest BCUT2D eigenvalue weighted by Gasteiger charge is -2.47. The summed E-state index contributed by atoms with van der Waals surface area (Å²) < 4.78 is 0. The summed E-state index contributed by atoms with van der Waals surface area (Å²) in [6, 6.07) is 0. The minimum Gasteiger partial charge on any atom is -0.126 e. The van der Waals surface area contributed by atoms with Crippen LogP contribution in [0, 0.1) is 23.2 Å². The number of hydrogen-bond acceptors (Lipinski definition) is 0. The van der Waals surface area contributed by atoms with Crippen LogP contribution < -0.4 is 0 Å². The van der Waals surface area contributed by atoms with Gasteiger partial charge in [0.25, 0.3) is 0 Å². The molecule has 0 nitrogen and oxygen atoms in total. The molecule has 0 N–H and O–H groups in total. The van der Waals surface area contributed by atoms with E-state index in [2.05, 4.69) is 0 Å². The Balaban J connectivity index is 1.92. The quantitative estimate of drug-likeness (QED) is 0.562. The first-order valence-electron chi connectivity index (χ1n) is 5.86. The third kappa shape index (κ3) is 1.33. The lowest BCUT2D eigenvalue weighted by atomic mass is 9.59. The molecule has 0 heterocycles. The Kier molecular flexibility index (Phi) is 1.91. The van der Waals surface area contributed by atoms with Gasteiger partial charge in [0, 0.05) is 5.88 Å². The molecule has 4 aliphatic carbocycles. The van der Waals surface area contributed by atoms with Gasteiger partial charge in [-0.1, -0.05) is 12.8 Å². The van der Waals surface area contributed by atoms with Crippen LogP contribution in [0.2, 0.25) is 0 Å². The number of rotatable bonds is 1. The van der Waals surface area contributed by atoms with Crippen LogP contribution in [-0.2, 0) is 0 Å². The van der Waals surface area contributed by atoms with Gasteiger partial charge in [-0.2, -0.15) is 0 Å². The Bertz CT molecular complexity index is 195. The molecule has 0 aliphatic heterocycles. The molecule has 0 aromatic heterocycles. The van der Waals surface area contributed by atoms with E-state index in [4.69, 9.17) is 11.6 Å². The van der Waals surface area contributed by atoms with E-state index in [0.717, 1.165) is 23.6 Å². The van der Waals surface area contributed by atoms with E-state index in [1.54, 1.807) is 0 Å². The maximum absolute atomic E-state index is 6.19. The van der Waals surface area contributed by atoms with E-state index in [0.29, 0.717) is 5.41 Å². The average molecular weight is 199 g/mol. The van der Waals surface area contributed by atoms with Crippen molar-refractivity contribution < 1.29 is 0 Å². The maximum Gasteiger partial charge on any atom is 0.0280 e. The number of halogens is 1. The van der Waals surface area contributed by atoms with Crippen LogP contribution in [0.5, 0.6) is 0 Å². The zero-order valence-electron chi connectivity index (χ0n) is 8.27. The molecule has 2 atom stereocenters. The van der Waals surface area contributed by atoms with Crippen molar-refractivity contribution in [1.82, 2.24) is 0 Å². The van der Waals surface area contributed by atoms with E-state index in [1.165, 1.54) is 44.9 Å². The summed E-state index contributed by atoms with van der Waals surface area (Å²) >= 11 is 6.19. The van der Waals surface area contributed by atoms with Gasteiger partial charge in [-0.05, 0) is 55.3 Å². The molecule has 0 amide bonds. The second-order valence-electron chi connectivity index (χ2n) is 5.89. The maximum atomic E-state index is 6.19. The normalized spacial score (nSPS) is 53.8. The van der Waals surface area contributed by atoms with E-state index in [1.807, 2.05) is 0 Å². The highest BCUT2D eigenvalue weighted by molar-refractivity contribution is 6.18. The molecule has 0 radical (unpaired) electrons. The fourth-order valence-electron chi connectivity index (χ4n) is 4.53. The van der Waals surface area contributed by atoms with Gasteiger partial charge in [-0.3, -0.25) is 0 Å². The van der Waals surface area contributed by atoms with Crippen LogP contribution in [0.1, 0.15) is 44.9 Å². The monoisotopic (exact) mass is 198 g/mol. The largest absolute Gasteiger partial charge is 0.126 e. The fraction of sp³-hybridized carbons (Fsp3) is 1.00. The Hall–Kier alpha value is 0.290. The third-order valence-electron chi connectivity index (χ3n) is 4.77. The van der Waals surface area contributed by atoms with Gasteiger partial charge >= 0.3 is 0 Å². The molecular formula is C12H19Cl. The predicted molar refractivity (Wildman–Crippen MR) is 55.9 cm³/mol. The first kappa shape index (κ1) is 8.59. The van der Waals surface area contributed by atoms with Crippen molar-refractivity contribution in [2.75, 3.05) is 5.88 Å². The van der Waals surface area contributed by atoms with Crippen LogP contribution in [0.4, 0.5) is 0 Å². The molecule has 4 saturated carbocycles. The molecule has 4 rings (SSSR count). The minimum absolute atomic E-state index is 0.592. The zero-order chi connectivity index (χ0) is 8.89. The molecule has 0 saturated heterocycles. The summed E-state index contributed by atoms with van der Waals surface area (Å²) in [4.78, 5) is 0. The smallest absolute Gasteiger partial charge is 0.0280 e. The Morgan fingerprint density at radius 3 is 2.00 bits per heavy atom. The van der Waals surface area contributed by atoms with Crippen LogP contribution in [0.3, 0.4) is 0 Å².